The molecule has 0 bridgehead atoms. The van der Waals surface area contributed by atoms with Gasteiger partial charge in [0, 0.05) is 36.7 Å². The minimum Gasteiger partial charge on any atom is -0.473 e. The minimum atomic E-state index is -0.139. The molecule has 3 aromatic rings. The van der Waals surface area contributed by atoms with Crippen LogP contribution in [-0.2, 0) is 17.3 Å². The minimum absolute atomic E-state index is 0.00608. The Bertz CT molecular complexity index is 1030. The SMILES string of the molecule is CC(Oc1nc(-c2csc(C(C)(C)C)n2)cc2ncn(C)c12)C1CNC(=O)C1. The largest absolute Gasteiger partial charge is 0.473 e. The van der Waals surface area contributed by atoms with E-state index in [4.69, 9.17) is 14.7 Å². The first kappa shape index (κ1) is 18.9. The van der Waals surface area contributed by atoms with Gasteiger partial charge in [-0.1, -0.05) is 20.8 Å². The maximum atomic E-state index is 11.6. The maximum Gasteiger partial charge on any atom is 0.241 e. The summed E-state index contributed by atoms with van der Waals surface area (Å²) in [5, 5.41) is 5.97. The van der Waals surface area contributed by atoms with Gasteiger partial charge in [-0.05, 0) is 13.0 Å². The van der Waals surface area contributed by atoms with Crippen LogP contribution in [0, 0.1) is 5.92 Å². The molecule has 4 rings (SSSR count). The monoisotopic (exact) mass is 399 g/mol. The number of imidazole rings is 1. The van der Waals surface area contributed by atoms with E-state index in [1.54, 1.807) is 17.7 Å². The number of nitrogens with zero attached hydrogens (tertiary/aromatic N) is 4. The average Bonchev–Trinajstić information content (AvgIpc) is 3.34. The van der Waals surface area contributed by atoms with Crippen molar-refractivity contribution in [2.24, 2.45) is 13.0 Å². The molecule has 1 aliphatic heterocycles. The van der Waals surface area contributed by atoms with Crippen LogP contribution in [0.15, 0.2) is 17.8 Å². The van der Waals surface area contributed by atoms with E-state index in [0.717, 1.165) is 27.4 Å². The first-order chi connectivity index (χ1) is 13.2. The van der Waals surface area contributed by atoms with E-state index in [1.165, 1.54) is 0 Å². The number of aromatic nitrogens is 4. The fourth-order valence-corrected chi connectivity index (χ4v) is 4.22. The van der Waals surface area contributed by atoms with Gasteiger partial charge in [-0.15, -0.1) is 11.3 Å². The number of pyridine rings is 1. The normalized spacial score (nSPS) is 18.5. The van der Waals surface area contributed by atoms with Crippen molar-refractivity contribution < 1.29 is 9.53 Å². The molecule has 28 heavy (non-hydrogen) atoms. The van der Waals surface area contributed by atoms with Crippen LogP contribution in [0.1, 0.15) is 39.1 Å². The highest BCUT2D eigenvalue weighted by Crippen LogP contribution is 2.33. The van der Waals surface area contributed by atoms with Gasteiger partial charge in [0.05, 0.1) is 22.5 Å². The number of carbonyl (C=O) groups excluding carboxylic acids is 1. The van der Waals surface area contributed by atoms with Gasteiger partial charge in [0.1, 0.15) is 17.3 Å². The zero-order chi connectivity index (χ0) is 20.1. The van der Waals surface area contributed by atoms with Crippen LogP contribution in [0.4, 0.5) is 0 Å². The fourth-order valence-electron chi connectivity index (χ4n) is 3.32. The number of fused-ring (bicyclic) bond motifs is 1. The van der Waals surface area contributed by atoms with Gasteiger partial charge in [0.25, 0.3) is 0 Å². The quantitative estimate of drug-likeness (QED) is 0.728. The molecule has 0 spiro atoms. The Hall–Kier alpha value is -2.48. The summed E-state index contributed by atoms with van der Waals surface area (Å²) >= 11 is 1.64. The van der Waals surface area contributed by atoms with Gasteiger partial charge in [0.2, 0.25) is 11.8 Å². The molecule has 2 unspecified atom stereocenters. The second kappa shape index (κ2) is 6.84. The summed E-state index contributed by atoms with van der Waals surface area (Å²) < 4.78 is 8.16. The van der Waals surface area contributed by atoms with Gasteiger partial charge in [-0.25, -0.2) is 15.0 Å². The third kappa shape index (κ3) is 3.48. The van der Waals surface area contributed by atoms with Crippen molar-refractivity contribution >= 4 is 28.3 Å². The molecular formula is C20H25N5O2S. The van der Waals surface area contributed by atoms with Crippen molar-refractivity contribution in [2.45, 2.75) is 45.6 Å². The van der Waals surface area contributed by atoms with Crippen molar-refractivity contribution in [1.82, 2.24) is 24.8 Å². The third-order valence-electron chi connectivity index (χ3n) is 5.04. The molecular weight excluding hydrogens is 374 g/mol. The molecule has 1 saturated heterocycles. The zero-order valence-corrected chi connectivity index (χ0v) is 17.6. The summed E-state index contributed by atoms with van der Waals surface area (Å²) in [7, 11) is 1.93. The third-order valence-corrected chi connectivity index (χ3v) is 6.31. The molecule has 4 heterocycles. The van der Waals surface area contributed by atoms with Crippen LogP contribution in [0.3, 0.4) is 0 Å². The molecule has 148 valence electrons. The van der Waals surface area contributed by atoms with Crippen molar-refractivity contribution in [3.63, 3.8) is 0 Å². The molecule has 0 radical (unpaired) electrons. The summed E-state index contributed by atoms with van der Waals surface area (Å²) in [5.41, 5.74) is 3.24. The number of hydrogen-bond donors (Lipinski definition) is 1. The second-order valence-electron chi connectivity index (χ2n) is 8.42. The molecule has 1 aliphatic rings. The predicted molar refractivity (Wildman–Crippen MR) is 110 cm³/mol. The Kier molecular flexibility index (Phi) is 4.61. The van der Waals surface area contributed by atoms with Crippen molar-refractivity contribution in [2.75, 3.05) is 6.54 Å². The van der Waals surface area contributed by atoms with E-state index in [2.05, 4.69) is 31.1 Å². The summed E-state index contributed by atoms with van der Waals surface area (Å²) in [6.07, 6.45) is 2.10. The fraction of sp³-hybridized carbons (Fsp3) is 0.500. The topological polar surface area (TPSA) is 81.9 Å². The molecule has 8 heteroatoms. The van der Waals surface area contributed by atoms with E-state index < -0.39 is 0 Å². The Balaban J connectivity index is 1.72. The van der Waals surface area contributed by atoms with E-state index in [1.807, 2.05) is 30.0 Å². The molecule has 0 aromatic carbocycles. The highest BCUT2D eigenvalue weighted by Gasteiger charge is 2.29. The molecule has 3 aromatic heterocycles. The zero-order valence-electron chi connectivity index (χ0n) is 16.8. The van der Waals surface area contributed by atoms with Crippen LogP contribution in [0.25, 0.3) is 22.4 Å². The molecule has 1 fully saturated rings. The lowest BCUT2D eigenvalue weighted by atomic mass is 9.98. The standard InChI is InChI=1S/C20H25N5O2S/c1-11(12-6-16(26)21-8-12)27-18-17-14(22-10-25(17)5)7-13(23-18)15-9-28-19(24-15)20(2,3)4/h7,9-12H,6,8H2,1-5H3,(H,21,26). The number of carbonyl (C=O) groups is 1. The average molecular weight is 400 g/mol. The van der Waals surface area contributed by atoms with Gasteiger partial charge in [-0.2, -0.15) is 0 Å². The van der Waals surface area contributed by atoms with E-state index in [9.17, 15) is 4.79 Å². The van der Waals surface area contributed by atoms with Crippen molar-refractivity contribution in [3.05, 3.63) is 22.8 Å². The summed E-state index contributed by atoms with van der Waals surface area (Å²) in [5.74, 6) is 0.739. The summed E-state index contributed by atoms with van der Waals surface area (Å²) in [6, 6.07) is 1.95. The Labute approximate surface area is 168 Å². The van der Waals surface area contributed by atoms with Gasteiger partial charge < -0.3 is 14.6 Å². The molecule has 2 atom stereocenters. The van der Waals surface area contributed by atoms with Crippen LogP contribution in [0.5, 0.6) is 5.88 Å². The highest BCUT2D eigenvalue weighted by molar-refractivity contribution is 7.10. The highest BCUT2D eigenvalue weighted by atomic mass is 32.1. The van der Waals surface area contributed by atoms with Crippen LogP contribution < -0.4 is 10.1 Å². The van der Waals surface area contributed by atoms with Crippen LogP contribution >= 0.6 is 11.3 Å². The first-order valence-electron chi connectivity index (χ1n) is 9.44. The van der Waals surface area contributed by atoms with Crippen LogP contribution in [0.2, 0.25) is 0 Å². The molecule has 1 amide bonds. The van der Waals surface area contributed by atoms with Crippen molar-refractivity contribution in [1.29, 1.82) is 0 Å². The van der Waals surface area contributed by atoms with Gasteiger partial charge in [-0.3, -0.25) is 4.79 Å². The number of thiazole rings is 1. The predicted octanol–water partition coefficient (Wildman–Crippen LogP) is 3.29. The molecule has 7 nitrogen and oxygen atoms in total. The lowest BCUT2D eigenvalue weighted by Crippen LogP contribution is -2.26. The smallest absolute Gasteiger partial charge is 0.241 e. The lowest BCUT2D eigenvalue weighted by molar-refractivity contribution is -0.119. The Morgan fingerprint density at radius 1 is 1.32 bits per heavy atom. The number of hydrogen-bond acceptors (Lipinski definition) is 6. The van der Waals surface area contributed by atoms with Gasteiger partial charge >= 0.3 is 0 Å². The van der Waals surface area contributed by atoms with E-state index >= 15 is 0 Å². The Morgan fingerprint density at radius 3 is 2.75 bits per heavy atom. The molecule has 0 saturated carbocycles. The summed E-state index contributed by atoms with van der Waals surface area (Å²) in [6.45, 7) is 9.08. The number of aryl methyl sites for hydroxylation is 1. The van der Waals surface area contributed by atoms with E-state index in [0.29, 0.717) is 18.8 Å². The maximum absolute atomic E-state index is 11.6. The van der Waals surface area contributed by atoms with Gasteiger partial charge in [0.15, 0.2) is 0 Å². The first-order valence-corrected chi connectivity index (χ1v) is 10.3. The Morgan fingerprint density at radius 2 is 2.11 bits per heavy atom. The summed E-state index contributed by atoms with van der Waals surface area (Å²) in [4.78, 5) is 25.6. The number of amides is 1. The molecule has 0 aliphatic carbocycles. The van der Waals surface area contributed by atoms with Crippen molar-refractivity contribution in [3.8, 4) is 17.3 Å². The lowest BCUT2D eigenvalue weighted by Gasteiger charge is -2.20. The second-order valence-corrected chi connectivity index (χ2v) is 9.27. The number of rotatable bonds is 4. The number of nitrogens with one attached hydrogen (secondary N) is 1. The van der Waals surface area contributed by atoms with E-state index in [-0.39, 0.29) is 23.3 Å². The molecule has 1 N–H and O–H groups in total. The number of ether oxygens (including phenoxy) is 1. The van der Waals surface area contributed by atoms with Crippen LogP contribution in [-0.4, -0.2) is 38.1 Å².